The van der Waals surface area contributed by atoms with Crippen molar-refractivity contribution in [2.24, 2.45) is 0 Å². The highest BCUT2D eigenvalue weighted by molar-refractivity contribution is 5.94. The number of nitrogens with one attached hydrogen (secondary N) is 1. The summed E-state index contributed by atoms with van der Waals surface area (Å²) >= 11 is 0. The molecular weight excluding hydrogens is 366 g/mol. The van der Waals surface area contributed by atoms with Gasteiger partial charge in [0.1, 0.15) is 6.54 Å². The Bertz CT molecular complexity index is 939. The van der Waals surface area contributed by atoms with E-state index in [-0.39, 0.29) is 29.5 Å². The predicted octanol–water partition coefficient (Wildman–Crippen LogP) is 2.67. The van der Waals surface area contributed by atoms with Crippen molar-refractivity contribution in [3.05, 3.63) is 70.1 Å². The standard InChI is InChI=1S/C23H27N3O3/c27-20-11-10-18(16-26(20)17-21(28)25-14-6-7-15-25)22(29)24-23(12-4-5-13-23)19-8-2-1-3-9-19/h1-3,8-11,16H,4-7,12-15,17H2,(H,24,29). The van der Waals surface area contributed by atoms with Gasteiger partial charge in [-0.1, -0.05) is 43.2 Å². The molecule has 29 heavy (non-hydrogen) atoms. The zero-order chi connectivity index (χ0) is 20.3. The van der Waals surface area contributed by atoms with Gasteiger partial charge in [-0.25, -0.2) is 0 Å². The molecule has 2 heterocycles. The van der Waals surface area contributed by atoms with Crippen molar-refractivity contribution >= 4 is 11.8 Å². The summed E-state index contributed by atoms with van der Waals surface area (Å²) in [7, 11) is 0. The largest absolute Gasteiger partial charge is 0.342 e. The molecule has 1 N–H and O–H groups in total. The van der Waals surface area contributed by atoms with Gasteiger partial charge in [-0.15, -0.1) is 0 Å². The number of hydrogen-bond acceptors (Lipinski definition) is 3. The summed E-state index contributed by atoms with van der Waals surface area (Å²) < 4.78 is 1.35. The van der Waals surface area contributed by atoms with E-state index < -0.39 is 0 Å². The zero-order valence-electron chi connectivity index (χ0n) is 16.6. The van der Waals surface area contributed by atoms with Gasteiger partial charge in [-0.3, -0.25) is 14.4 Å². The van der Waals surface area contributed by atoms with Crippen molar-refractivity contribution in [3.8, 4) is 0 Å². The number of amides is 2. The van der Waals surface area contributed by atoms with E-state index in [0.717, 1.165) is 57.2 Å². The summed E-state index contributed by atoms with van der Waals surface area (Å²) in [5.74, 6) is -0.281. The topological polar surface area (TPSA) is 71.4 Å². The predicted molar refractivity (Wildman–Crippen MR) is 111 cm³/mol. The molecule has 1 aliphatic heterocycles. The Balaban J connectivity index is 1.54. The minimum atomic E-state index is -0.370. The zero-order valence-corrected chi connectivity index (χ0v) is 16.6. The summed E-state index contributed by atoms with van der Waals surface area (Å²) in [5, 5.41) is 3.23. The van der Waals surface area contributed by atoms with E-state index in [1.807, 2.05) is 18.2 Å². The van der Waals surface area contributed by atoms with Crippen LogP contribution in [0, 0.1) is 0 Å². The normalized spacial score (nSPS) is 18.0. The first-order chi connectivity index (χ1) is 14.1. The number of rotatable bonds is 5. The van der Waals surface area contributed by atoms with Crippen LogP contribution in [0.1, 0.15) is 54.4 Å². The Morgan fingerprint density at radius 3 is 2.31 bits per heavy atom. The van der Waals surface area contributed by atoms with Crippen molar-refractivity contribution < 1.29 is 9.59 Å². The van der Waals surface area contributed by atoms with Crippen LogP contribution in [0.2, 0.25) is 0 Å². The fourth-order valence-corrected chi connectivity index (χ4v) is 4.51. The average molecular weight is 393 g/mol. The van der Waals surface area contributed by atoms with E-state index >= 15 is 0 Å². The molecule has 0 unspecified atom stereocenters. The molecule has 2 aliphatic rings. The van der Waals surface area contributed by atoms with E-state index in [4.69, 9.17) is 0 Å². The second kappa shape index (κ2) is 8.23. The van der Waals surface area contributed by atoms with Crippen molar-refractivity contribution in [1.29, 1.82) is 0 Å². The fraction of sp³-hybridized carbons (Fsp3) is 0.435. The van der Waals surface area contributed by atoms with Gasteiger partial charge in [-0.05, 0) is 37.3 Å². The summed E-state index contributed by atoms with van der Waals surface area (Å²) in [6, 6.07) is 13.0. The third-order valence-corrected chi connectivity index (χ3v) is 6.15. The van der Waals surface area contributed by atoms with Crippen molar-refractivity contribution in [3.63, 3.8) is 0 Å². The molecule has 6 heteroatoms. The second-order valence-corrected chi connectivity index (χ2v) is 8.08. The fourth-order valence-electron chi connectivity index (χ4n) is 4.51. The quantitative estimate of drug-likeness (QED) is 0.849. The molecule has 0 radical (unpaired) electrons. The molecule has 1 saturated carbocycles. The number of carbonyl (C=O) groups is 2. The molecule has 1 aromatic heterocycles. The lowest BCUT2D eigenvalue weighted by molar-refractivity contribution is -0.130. The maximum atomic E-state index is 13.1. The lowest BCUT2D eigenvalue weighted by Crippen LogP contribution is -2.44. The first-order valence-corrected chi connectivity index (χ1v) is 10.4. The number of likely N-dealkylation sites (tertiary alicyclic amines) is 1. The molecule has 0 bridgehead atoms. The first kappa shape index (κ1) is 19.4. The van der Waals surface area contributed by atoms with Crippen molar-refractivity contribution in [2.75, 3.05) is 13.1 Å². The van der Waals surface area contributed by atoms with Crippen LogP contribution < -0.4 is 10.9 Å². The highest BCUT2D eigenvalue weighted by Gasteiger charge is 2.37. The Morgan fingerprint density at radius 1 is 0.931 bits per heavy atom. The average Bonchev–Trinajstić information content (AvgIpc) is 3.43. The maximum Gasteiger partial charge on any atom is 0.253 e. The monoisotopic (exact) mass is 393 g/mol. The van der Waals surface area contributed by atoms with Crippen LogP contribution in [0.25, 0.3) is 0 Å². The smallest absolute Gasteiger partial charge is 0.253 e. The summed E-state index contributed by atoms with van der Waals surface area (Å²) in [6.07, 6.45) is 7.46. The SMILES string of the molecule is O=C(NC1(c2ccccc2)CCCC1)c1ccc(=O)n(CC(=O)N2CCCC2)c1. The van der Waals surface area contributed by atoms with Gasteiger partial charge in [0.15, 0.2) is 0 Å². The van der Waals surface area contributed by atoms with Gasteiger partial charge >= 0.3 is 0 Å². The first-order valence-electron chi connectivity index (χ1n) is 10.4. The van der Waals surface area contributed by atoms with Crippen LogP contribution in [-0.2, 0) is 16.9 Å². The molecule has 0 spiro atoms. The highest BCUT2D eigenvalue weighted by Crippen LogP contribution is 2.38. The number of nitrogens with zero attached hydrogens (tertiary/aromatic N) is 2. The van der Waals surface area contributed by atoms with E-state index in [0.29, 0.717) is 5.56 Å². The number of pyridine rings is 1. The molecule has 152 valence electrons. The molecule has 2 amide bonds. The summed E-state index contributed by atoms with van der Waals surface area (Å²) in [6.45, 7) is 1.46. The van der Waals surface area contributed by atoms with Crippen LogP contribution in [0.15, 0.2) is 53.5 Å². The molecule has 4 rings (SSSR count). The van der Waals surface area contributed by atoms with Gasteiger partial charge in [0, 0.05) is 25.4 Å². The highest BCUT2D eigenvalue weighted by atomic mass is 16.2. The van der Waals surface area contributed by atoms with E-state index in [1.54, 1.807) is 11.0 Å². The van der Waals surface area contributed by atoms with Crippen molar-refractivity contribution in [1.82, 2.24) is 14.8 Å². The van der Waals surface area contributed by atoms with Crippen LogP contribution >= 0.6 is 0 Å². The lowest BCUT2D eigenvalue weighted by atomic mass is 9.88. The van der Waals surface area contributed by atoms with Gasteiger partial charge in [-0.2, -0.15) is 0 Å². The van der Waals surface area contributed by atoms with Gasteiger partial charge in [0.2, 0.25) is 5.91 Å². The van der Waals surface area contributed by atoms with Crippen LogP contribution in [0.3, 0.4) is 0 Å². The van der Waals surface area contributed by atoms with E-state index in [9.17, 15) is 14.4 Å². The molecule has 1 aromatic carbocycles. The number of benzene rings is 1. The molecule has 1 aliphatic carbocycles. The lowest BCUT2D eigenvalue weighted by Gasteiger charge is -2.31. The Morgan fingerprint density at radius 2 is 1.62 bits per heavy atom. The van der Waals surface area contributed by atoms with E-state index in [1.165, 1.54) is 16.8 Å². The Hall–Kier alpha value is -2.89. The van der Waals surface area contributed by atoms with Crippen LogP contribution in [0.4, 0.5) is 0 Å². The summed E-state index contributed by atoms with van der Waals surface area (Å²) in [4.78, 5) is 39.5. The minimum Gasteiger partial charge on any atom is -0.342 e. The molecule has 2 fully saturated rings. The van der Waals surface area contributed by atoms with Gasteiger partial charge < -0.3 is 14.8 Å². The molecule has 0 atom stereocenters. The maximum absolute atomic E-state index is 13.1. The molecular formula is C23H27N3O3. The molecule has 1 saturated heterocycles. The van der Waals surface area contributed by atoms with Gasteiger partial charge in [0.05, 0.1) is 11.1 Å². The molecule has 2 aromatic rings. The van der Waals surface area contributed by atoms with E-state index in [2.05, 4.69) is 17.4 Å². The number of aromatic nitrogens is 1. The summed E-state index contributed by atoms with van der Waals surface area (Å²) in [5.41, 5.74) is 0.877. The second-order valence-electron chi connectivity index (χ2n) is 8.08. The van der Waals surface area contributed by atoms with Gasteiger partial charge in [0.25, 0.3) is 11.5 Å². The minimum absolute atomic E-state index is 0.0240. The number of hydrogen-bond donors (Lipinski definition) is 1. The third-order valence-electron chi connectivity index (χ3n) is 6.15. The molecule has 6 nitrogen and oxygen atoms in total. The Labute approximate surface area is 170 Å². The van der Waals surface area contributed by atoms with Crippen molar-refractivity contribution in [2.45, 2.75) is 50.6 Å². The number of carbonyl (C=O) groups excluding carboxylic acids is 2. The van der Waals surface area contributed by atoms with Crippen LogP contribution in [-0.4, -0.2) is 34.4 Å². The Kier molecular flexibility index (Phi) is 5.51. The third kappa shape index (κ3) is 4.11. The van der Waals surface area contributed by atoms with Crippen LogP contribution in [0.5, 0.6) is 0 Å².